The molecule has 0 spiro atoms. The van der Waals surface area contributed by atoms with E-state index in [1.807, 2.05) is 36.4 Å². The van der Waals surface area contributed by atoms with Crippen LogP contribution in [0.15, 0.2) is 96.1 Å². The second kappa shape index (κ2) is 20.5. The standard InChI is InChI=1S/C55H58F4N8O6/c1-27(2)46(64-54(70)72-6)52(68)66-25-36(48(56)57)23-44(66)50-60-40-16-14-34(21-42(40)62-50)38-19-30-8-10-31-12-13-32(29(5)18-33(38)11-9-30)20-39(31)35-15-17-41-43(22-35)63-51(61-41)45-24-37(49(58)59)26-67(45)53(69)47(28(3)4)65-55(71)73-7/h9,11-17,19-22,27-29,44-47H,8,10,18,23-26H2,1-7H3,(H,60,62)(H,61,63)(H,64,70)(H,65,71)/t29-,44+,45+,46?,47?/m1/s1. The molecule has 2 aromatic heterocycles. The number of likely N-dealkylation sites (tertiary alicyclic amines) is 2. The predicted octanol–water partition coefficient (Wildman–Crippen LogP) is 10.8. The van der Waals surface area contributed by atoms with E-state index in [1.165, 1.54) is 24.0 Å². The number of halogens is 4. The number of nitrogens with one attached hydrogen (secondary N) is 4. The number of benzene rings is 4. The number of fused-ring (bicyclic) bond motifs is 2. The van der Waals surface area contributed by atoms with Gasteiger partial charge in [-0.2, -0.15) is 17.6 Å². The molecule has 0 saturated carbocycles. The summed E-state index contributed by atoms with van der Waals surface area (Å²) in [6.07, 6.45) is -3.33. The molecule has 2 unspecified atom stereocenters. The molecule has 6 aliphatic rings. The average Bonchev–Trinajstić information content (AvgIpc) is 4.20. The Balaban J connectivity index is 0.986. The van der Waals surface area contributed by atoms with Crippen molar-refractivity contribution in [2.24, 2.45) is 11.8 Å². The minimum absolute atomic E-state index is 0.0848. The normalized spacial score (nSPS) is 18.6. The first kappa shape index (κ1) is 50.4. The first-order chi connectivity index (χ1) is 34.9. The van der Waals surface area contributed by atoms with Gasteiger partial charge in [-0.25, -0.2) is 19.6 Å². The van der Waals surface area contributed by atoms with Gasteiger partial charge in [0.25, 0.3) is 12.2 Å². The van der Waals surface area contributed by atoms with Gasteiger partial charge in [0.05, 0.1) is 48.4 Å². The monoisotopic (exact) mass is 1000 g/mol. The van der Waals surface area contributed by atoms with Gasteiger partial charge in [0.15, 0.2) is 0 Å². The molecule has 4 N–H and O–H groups in total. The van der Waals surface area contributed by atoms with E-state index >= 15 is 0 Å². The molecule has 4 amide bonds. The molecule has 5 atom stereocenters. The number of imidazole rings is 2. The van der Waals surface area contributed by atoms with Crippen LogP contribution in [-0.2, 0) is 38.3 Å². The van der Waals surface area contributed by atoms with Crippen LogP contribution in [0.3, 0.4) is 0 Å². The van der Waals surface area contributed by atoms with Crippen LogP contribution in [0.1, 0.15) is 99.4 Å². The van der Waals surface area contributed by atoms with E-state index in [2.05, 4.69) is 63.9 Å². The second-order valence-electron chi connectivity index (χ2n) is 20.0. The van der Waals surface area contributed by atoms with Crippen molar-refractivity contribution in [1.82, 2.24) is 40.4 Å². The van der Waals surface area contributed by atoms with Gasteiger partial charge in [-0.15, -0.1) is 0 Å². The number of ether oxygens (including phenoxy) is 2. The van der Waals surface area contributed by atoms with Gasteiger partial charge < -0.3 is 39.9 Å². The Morgan fingerprint density at radius 1 is 0.616 bits per heavy atom. The molecule has 14 nitrogen and oxygen atoms in total. The number of methoxy groups -OCH3 is 2. The predicted molar refractivity (Wildman–Crippen MR) is 268 cm³/mol. The molecule has 4 bridgehead atoms. The number of carbonyl (C=O) groups excluding carboxylic acids is 4. The Bertz CT molecular complexity index is 3210. The summed E-state index contributed by atoms with van der Waals surface area (Å²) in [6, 6.07) is 21.4. The summed E-state index contributed by atoms with van der Waals surface area (Å²) >= 11 is 0. The molecular formula is C55H58F4N8O6. The van der Waals surface area contributed by atoms with E-state index in [0.717, 1.165) is 57.3 Å². The topological polar surface area (TPSA) is 175 Å². The van der Waals surface area contributed by atoms with E-state index in [1.54, 1.807) is 27.7 Å². The average molecular weight is 1000 g/mol. The highest BCUT2D eigenvalue weighted by atomic mass is 19.3. The smallest absolute Gasteiger partial charge is 0.407 e. The quantitative estimate of drug-likeness (QED) is 0.0981. The number of H-pyrrole nitrogens is 2. The van der Waals surface area contributed by atoms with Gasteiger partial charge in [-0.1, -0.05) is 83.1 Å². The van der Waals surface area contributed by atoms with E-state index in [0.29, 0.717) is 40.1 Å². The Morgan fingerprint density at radius 2 is 1.10 bits per heavy atom. The fourth-order valence-corrected chi connectivity index (χ4v) is 10.5. The molecule has 2 aliphatic heterocycles. The lowest BCUT2D eigenvalue weighted by molar-refractivity contribution is -0.136. The maximum absolute atomic E-state index is 14.1. The van der Waals surface area contributed by atoms with Crippen LogP contribution in [0.25, 0.3) is 44.3 Å². The fourth-order valence-electron chi connectivity index (χ4n) is 10.5. The molecule has 0 radical (unpaired) electrons. The molecule has 382 valence electrons. The Hall–Kier alpha value is -7.50. The van der Waals surface area contributed by atoms with Crippen molar-refractivity contribution in [3.05, 3.63) is 130 Å². The van der Waals surface area contributed by atoms with E-state index in [4.69, 9.17) is 19.4 Å². The summed E-state index contributed by atoms with van der Waals surface area (Å²) in [5.74, 6) is -0.897. The van der Waals surface area contributed by atoms with Crippen molar-refractivity contribution in [1.29, 1.82) is 0 Å². The second-order valence-corrected chi connectivity index (χ2v) is 20.0. The summed E-state index contributed by atoms with van der Waals surface area (Å²) < 4.78 is 66.0. The van der Waals surface area contributed by atoms with Gasteiger partial charge in [0, 0.05) is 37.1 Å². The van der Waals surface area contributed by atoms with E-state index in [9.17, 15) is 36.7 Å². The molecule has 2 saturated heterocycles. The van der Waals surface area contributed by atoms with Crippen molar-refractivity contribution in [2.45, 2.75) is 96.8 Å². The van der Waals surface area contributed by atoms with Gasteiger partial charge >= 0.3 is 12.2 Å². The van der Waals surface area contributed by atoms with E-state index in [-0.39, 0.29) is 54.8 Å². The molecule has 12 rings (SSSR count). The van der Waals surface area contributed by atoms with Crippen LogP contribution >= 0.6 is 0 Å². The van der Waals surface area contributed by atoms with Crippen LogP contribution in [0, 0.1) is 11.8 Å². The largest absolute Gasteiger partial charge is 0.453 e. The molecule has 18 heteroatoms. The summed E-state index contributed by atoms with van der Waals surface area (Å²) in [5.41, 5.74) is 10.9. The zero-order chi connectivity index (χ0) is 52.0. The van der Waals surface area contributed by atoms with Gasteiger partial charge in [0.1, 0.15) is 23.7 Å². The highest BCUT2D eigenvalue weighted by Crippen LogP contribution is 2.41. The molecular weight excluding hydrogens is 945 g/mol. The minimum Gasteiger partial charge on any atom is -0.453 e. The lowest BCUT2D eigenvalue weighted by Crippen LogP contribution is -2.51. The number of aromatic amines is 2. The van der Waals surface area contributed by atoms with Crippen molar-refractivity contribution in [3.63, 3.8) is 0 Å². The van der Waals surface area contributed by atoms with Crippen molar-refractivity contribution in [3.8, 4) is 22.3 Å². The number of nitrogens with zero attached hydrogens (tertiary/aromatic N) is 4. The number of aryl methyl sites for hydroxylation is 2. The van der Waals surface area contributed by atoms with Gasteiger partial charge in [-0.3, -0.25) is 9.59 Å². The van der Waals surface area contributed by atoms with Gasteiger partial charge in [0.2, 0.25) is 11.8 Å². The summed E-state index contributed by atoms with van der Waals surface area (Å²) in [4.78, 5) is 71.3. The lowest BCUT2D eigenvalue weighted by atomic mass is 9.84. The zero-order valence-corrected chi connectivity index (χ0v) is 41.7. The molecule has 6 aromatic rings. The first-order valence-electron chi connectivity index (χ1n) is 24.5. The van der Waals surface area contributed by atoms with Crippen molar-refractivity contribution in [2.75, 3.05) is 27.3 Å². The molecule has 4 aliphatic carbocycles. The molecule has 4 aromatic carbocycles. The lowest BCUT2D eigenvalue weighted by Gasteiger charge is -2.29. The molecule has 2 fully saturated rings. The van der Waals surface area contributed by atoms with Crippen LogP contribution < -0.4 is 10.6 Å². The third kappa shape index (κ3) is 10.2. The van der Waals surface area contributed by atoms with Crippen LogP contribution in [-0.4, -0.2) is 93.1 Å². The maximum Gasteiger partial charge on any atom is 0.407 e. The van der Waals surface area contributed by atoms with Crippen LogP contribution in [0.5, 0.6) is 0 Å². The Kier molecular flexibility index (Phi) is 14.2. The first-order valence-corrected chi connectivity index (χ1v) is 24.5. The summed E-state index contributed by atoms with van der Waals surface area (Å²) in [7, 11) is 2.39. The number of hydrogen-bond acceptors (Lipinski definition) is 8. The highest BCUT2D eigenvalue weighted by molar-refractivity contribution is 5.89. The number of aromatic nitrogens is 4. The third-order valence-electron chi connectivity index (χ3n) is 14.6. The van der Waals surface area contributed by atoms with E-state index < -0.39 is 60.3 Å². The third-order valence-corrected chi connectivity index (χ3v) is 14.6. The van der Waals surface area contributed by atoms with Crippen LogP contribution in [0.2, 0.25) is 0 Å². The van der Waals surface area contributed by atoms with Gasteiger partial charge in [-0.05, 0) is 106 Å². The molecule has 4 heterocycles. The number of carbonyl (C=O) groups is 4. The molecule has 73 heavy (non-hydrogen) atoms. The number of hydrogen-bond donors (Lipinski definition) is 4. The van der Waals surface area contributed by atoms with Crippen molar-refractivity contribution < 1.29 is 46.2 Å². The van der Waals surface area contributed by atoms with Crippen LogP contribution in [0.4, 0.5) is 27.2 Å². The number of amides is 4. The SMILES string of the molecule is COC(=O)NC(C(=O)N1CC(=C(F)F)C[C@H]1c1nc2ccc(-c3cc4ccc3CCc3ccc(c(-c5ccc6nc([C@@H]7CC(=C(F)F)CN7C(=O)C(NC(=O)OC)C(C)C)[nH]c6c5)c3)C[C@H]4C)cc2[nH]1)C(C)C. The Morgan fingerprint density at radius 3 is 1.56 bits per heavy atom. The minimum atomic E-state index is -1.84. The fraction of sp³-hybridized carbons (Fsp3) is 0.382. The summed E-state index contributed by atoms with van der Waals surface area (Å²) in [6.45, 7) is 8.64. The zero-order valence-electron chi connectivity index (χ0n) is 41.7. The Labute approximate surface area is 419 Å². The van der Waals surface area contributed by atoms with Crippen molar-refractivity contribution >= 4 is 46.1 Å². The number of alkyl carbamates (subject to hydrolysis) is 2. The maximum atomic E-state index is 14.1. The number of rotatable bonds is 10. The highest BCUT2D eigenvalue weighted by Gasteiger charge is 2.42. The summed E-state index contributed by atoms with van der Waals surface area (Å²) in [5, 5.41) is 5.13.